The largest absolute Gasteiger partial charge is 0.360 e. The van der Waals surface area contributed by atoms with E-state index < -0.39 is 0 Å². The van der Waals surface area contributed by atoms with Gasteiger partial charge in [-0.05, 0) is 37.5 Å². The number of benzene rings is 2. The van der Waals surface area contributed by atoms with E-state index in [0.29, 0.717) is 0 Å². The Hall–Kier alpha value is -2.33. The number of hydrogen-bond acceptors (Lipinski definition) is 2. The van der Waals surface area contributed by atoms with Gasteiger partial charge in [-0.2, -0.15) is 0 Å². The molecule has 2 atom stereocenters. The summed E-state index contributed by atoms with van der Waals surface area (Å²) in [6.45, 7) is 10.4. The SMILES string of the molecule is CCC[C@H](NC(=O)[C@@H](C)[NH+]1CCN(c2ccccc2C)CC1)c1ccccc1. The molecule has 2 N–H and O–H groups in total. The maximum Gasteiger partial charge on any atom is 0.278 e. The minimum Gasteiger partial charge on any atom is -0.360 e. The highest BCUT2D eigenvalue weighted by Gasteiger charge is 2.30. The van der Waals surface area contributed by atoms with Crippen LogP contribution in [0, 0.1) is 6.92 Å². The van der Waals surface area contributed by atoms with Gasteiger partial charge in [-0.1, -0.05) is 61.9 Å². The predicted octanol–water partition coefficient (Wildman–Crippen LogP) is 2.75. The molecule has 0 aromatic heterocycles. The zero-order valence-corrected chi connectivity index (χ0v) is 17.4. The van der Waals surface area contributed by atoms with E-state index in [1.54, 1.807) is 0 Å². The van der Waals surface area contributed by atoms with E-state index in [1.165, 1.54) is 21.7 Å². The van der Waals surface area contributed by atoms with Crippen LogP contribution in [0.5, 0.6) is 0 Å². The van der Waals surface area contributed by atoms with Crippen LogP contribution in [0.1, 0.15) is 43.9 Å². The van der Waals surface area contributed by atoms with Gasteiger partial charge in [0, 0.05) is 5.69 Å². The normalized spacial score (nSPS) is 17.2. The molecule has 0 spiro atoms. The highest BCUT2D eigenvalue weighted by Crippen LogP contribution is 2.19. The number of aryl methyl sites for hydroxylation is 1. The quantitative estimate of drug-likeness (QED) is 0.775. The molecule has 28 heavy (non-hydrogen) atoms. The first-order valence-electron chi connectivity index (χ1n) is 10.6. The molecular weight excluding hydrogens is 346 g/mol. The van der Waals surface area contributed by atoms with Crippen molar-refractivity contribution < 1.29 is 9.69 Å². The van der Waals surface area contributed by atoms with Gasteiger partial charge >= 0.3 is 0 Å². The number of carbonyl (C=O) groups is 1. The van der Waals surface area contributed by atoms with Crippen LogP contribution in [-0.4, -0.2) is 38.1 Å². The van der Waals surface area contributed by atoms with Crippen LogP contribution in [0.15, 0.2) is 54.6 Å². The number of hydrogen-bond donors (Lipinski definition) is 2. The summed E-state index contributed by atoms with van der Waals surface area (Å²) >= 11 is 0. The molecule has 0 aliphatic carbocycles. The lowest BCUT2D eigenvalue weighted by molar-refractivity contribution is -0.914. The molecule has 0 saturated carbocycles. The van der Waals surface area contributed by atoms with Crippen LogP contribution in [-0.2, 0) is 4.79 Å². The Morgan fingerprint density at radius 1 is 1.07 bits per heavy atom. The fourth-order valence-corrected chi connectivity index (χ4v) is 4.16. The van der Waals surface area contributed by atoms with Crippen LogP contribution in [0.2, 0.25) is 0 Å². The van der Waals surface area contributed by atoms with Gasteiger partial charge in [-0.15, -0.1) is 0 Å². The third-order valence-corrected chi connectivity index (χ3v) is 5.96. The summed E-state index contributed by atoms with van der Waals surface area (Å²) in [5.41, 5.74) is 3.84. The summed E-state index contributed by atoms with van der Waals surface area (Å²) in [7, 11) is 0. The van der Waals surface area contributed by atoms with E-state index in [-0.39, 0.29) is 18.0 Å². The highest BCUT2D eigenvalue weighted by atomic mass is 16.2. The van der Waals surface area contributed by atoms with E-state index in [4.69, 9.17) is 0 Å². The number of rotatable bonds is 7. The van der Waals surface area contributed by atoms with Gasteiger partial charge < -0.3 is 15.1 Å². The molecule has 1 aliphatic heterocycles. The van der Waals surface area contributed by atoms with Crippen molar-refractivity contribution in [2.45, 2.75) is 45.7 Å². The lowest BCUT2D eigenvalue weighted by atomic mass is 10.0. The van der Waals surface area contributed by atoms with E-state index >= 15 is 0 Å². The average Bonchev–Trinajstić information content (AvgIpc) is 2.74. The van der Waals surface area contributed by atoms with Crippen molar-refractivity contribution in [3.05, 3.63) is 65.7 Å². The minimum atomic E-state index is -0.0258. The number of nitrogens with one attached hydrogen (secondary N) is 2. The molecule has 0 radical (unpaired) electrons. The first kappa shape index (κ1) is 20.4. The summed E-state index contributed by atoms with van der Waals surface area (Å²) in [6.07, 6.45) is 2.02. The van der Waals surface area contributed by atoms with Crippen molar-refractivity contribution in [3.63, 3.8) is 0 Å². The van der Waals surface area contributed by atoms with Gasteiger partial charge in [-0.3, -0.25) is 4.79 Å². The van der Waals surface area contributed by atoms with Crippen molar-refractivity contribution in [1.82, 2.24) is 5.32 Å². The first-order valence-corrected chi connectivity index (χ1v) is 10.6. The topological polar surface area (TPSA) is 36.8 Å². The summed E-state index contributed by atoms with van der Waals surface area (Å²) in [4.78, 5) is 16.8. The second-order valence-electron chi connectivity index (χ2n) is 7.91. The zero-order chi connectivity index (χ0) is 19.9. The average molecular weight is 381 g/mol. The first-order chi connectivity index (χ1) is 13.6. The monoisotopic (exact) mass is 380 g/mol. The molecular formula is C24H34N3O+. The maximum atomic E-state index is 13.0. The van der Waals surface area contributed by atoms with Gasteiger partial charge in [0.15, 0.2) is 6.04 Å². The molecule has 1 saturated heterocycles. The lowest BCUT2D eigenvalue weighted by Gasteiger charge is -2.37. The fraction of sp³-hybridized carbons (Fsp3) is 0.458. The number of nitrogens with zero attached hydrogens (tertiary/aromatic N) is 1. The Morgan fingerprint density at radius 3 is 2.36 bits per heavy atom. The van der Waals surface area contributed by atoms with Crippen molar-refractivity contribution in [2.24, 2.45) is 0 Å². The summed E-state index contributed by atoms with van der Waals surface area (Å²) in [6, 6.07) is 19.0. The number of quaternary nitrogens is 1. The fourth-order valence-electron chi connectivity index (χ4n) is 4.16. The van der Waals surface area contributed by atoms with Crippen LogP contribution >= 0.6 is 0 Å². The smallest absolute Gasteiger partial charge is 0.278 e. The molecule has 3 rings (SSSR count). The van der Waals surface area contributed by atoms with E-state index in [9.17, 15) is 4.79 Å². The van der Waals surface area contributed by atoms with Crippen molar-refractivity contribution in [3.8, 4) is 0 Å². The Kier molecular flexibility index (Phi) is 7.10. The standard InChI is InChI=1S/C24H33N3O/c1-4-10-22(21-12-6-5-7-13-21)25-24(28)20(3)26-15-17-27(18-16-26)23-14-9-8-11-19(23)2/h5-9,11-14,20,22H,4,10,15-18H2,1-3H3,(H,25,28)/p+1/t20-,22+/m1/s1. The summed E-state index contributed by atoms with van der Waals surface area (Å²) < 4.78 is 0. The van der Waals surface area contributed by atoms with Crippen LogP contribution in [0.3, 0.4) is 0 Å². The summed E-state index contributed by atoms with van der Waals surface area (Å²) in [5.74, 6) is 0.168. The minimum absolute atomic E-state index is 0.0258. The van der Waals surface area contributed by atoms with Crippen LogP contribution in [0.25, 0.3) is 0 Å². The third-order valence-electron chi connectivity index (χ3n) is 5.96. The van der Waals surface area contributed by atoms with Crippen LogP contribution < -0.4 is 15.1 Å². The van der Waals surface area contributed by atoms with Crippen molar-refractivity contribution in [1.29, 1.82) is 0 Å². The Labute approximate surface area is 169 Å². The number of piperazine rings is 1. The molecule has 2 aromatic carbocycles. The Balaban J connectivity index is 1.57. The molecule has 1 amide bonds. The Bertz CT molecular complexity index is 753. The zero-order valence-electron chi connectivity index (χ0n) is 17.4. The molecule has 0 bridgehead atoms. The molecule has 0 unspecified atom stereocenters. The number of para-hydroxylation sites is 1. The van der Waals surface area contributed by atoms with Gasteiger partial charge in [0.25, 0.3) is 5.91 Å². The number of amides is 1. The lowest BCUT2D eigenvalue weighted by Crippen LogP contribution is -3.19. The molecule has 4 heteroatoms. The van der Waals surface area contributed by atoms with Crippen molar-refractivity contribution >= 4 is 11.6 Å². The maximum absolute atomic E-state index is 13.0. The number of anilines is 1. The molecule has 1 aliphatic rings. The van der Waals surface area contributed by atoms with E-state index in [0.717, 1.165) is 39.0 Å². The second-order valence-corrected chi connectivity index (χ2v) is 7.91. The third kappa shape index (κ3) is 4.93. The molecule has 4 nitrogen and oxygen atoms in total. The molecule has 2 aromatic rings. The molecule has 1 heterocycles. The van der Waals surface area contributed by atoms with Crippen molar-refractivity contribution in [2.75, 3.05) is 31.1 Å². The predicted molar refractivity (Wildman–Crippen MR) is 116 cm³/mol. The summed E-state index contributed by atoms with van der Waals surface area (Å²) in [5, 5.41) is 3.31. The van der Waals surface area contributed by atoms with Gasteiger partial charge in [0.2, 0.25) is 0 Å². The van der Waals surface area contributed by atoms with E-state index in [2.05, 4.69) is 67.4 Å². The van der Waals surface area contributed by atoms with Gasteiger partial charge in [0.1, 0.15) is 0 Å². The second kappa shape index (κ2) is 9.74. The highest BCUT2D eigenvalue weighted by molar-refractivity contribution is 5.80. The Morgan fingerprint density at radius 2 is 1.71 bits per heavy atom. The van der Waals surface area contributed by atoms with Crippen LogP contribution in [0.4, 0.5) is 5.69 Å². The molecule has 1 fully saturated rings. The molecule has 150 valence electrons. The van der Waals surface area contributed by atoms with Gasteiger partial charge in [-0.25, -0.2) is 0 Å². The number of carbonyl (C=O) groups excluding carboxylic acids is 1. The van der Waals surface area contributed by atoms with E-state index in [1.807, 2.05) is 18.2 Å². The van der Waals surface area contributed by atoms with Gasteiger partial charge in [0.05, 0.1) is 32.2 Å².